The van der Waals surface area contributed by atoms with Crippen LogP contribution in [0, 0.1) is 22.7 Å². The van der Waals surface area contributed by atoms with Crippen LogP contribution in [-0.2, 0) is 23.4 Å². The first kappa shape index (κ1) is 29.9. The summed E-state index contributed by atoms with van der Waals surface area (Å²) in [6.45, 7) is 6.46. The Labute approximate surface area is 210 Å². The highest BCUT2D eigenvalue weighted by Crippen LogP contribution is 2.46. The maximum absolute atomic E-state index is 12.5. The van der Waals surface area contributed by atoms with Crippen LogP contribution in [0.2, 0.25) is 0 Å². The molecule has 1 fully saturated rings. The number of anilines is 1. The number of aromatic nitrogens is 2. The van der Waals surface area contributed by atoms with E-state index in [4.69, 9.17) is 19.7 Å². The molecular weight excluding hydrogens is 493 g/mol. The number of esters is 1. The summed E-state index contributed by atoms with van der Waals surface area (Å²) < 4.78 is 29.6. The summed E-state index contributed by atoms with van der Waals surface area (Å²) >= 11 is 0. The molecule has 1 aliphatic rings. The van der Waals surface area contributed by atoms with Crippen molar-refractivity contribution in [3.05, 3.63) is 22.7 Å². The van der Waals surface area contributed by atoms with Gasteiger partial charge in [0.2, 0.25) is 0 Å². The summed E-state index contributed by atoms with van der Waals surface area (Å²) in [5.41, 5.74) is 3.10. The molecule has 2 heterocycles. The molecule has 0 saturated carbocycles. The van der Waals surface area contributed by atoms with E-state index in [9.17, 15) is 29.4 Å². The summed E-state index contributed by atoms with van der Waals surface area (Å²) in [7, 11) is -4.53. The van der Waals surface area contributed by atoms with Gasteiger partial charge in [-0.3, -0.25) is 13.9 Å². The number of aliphatic hydroxyl groups is 1. The van der Waals surface area contributed by atoms with Gasteiger partial charge in [0.15, 0.2) is 6.23 Å². The molecule has 5 N–H and O–H groups in total. The van der Waals surface area contributed by atoms with Crippen LogP contribution < -0.4 is 16.5 Å². The maximum Gasteiger partial charge on any atom is 0.403 e. The monoisotopic (exact) mass is 529 g/mol. The Morgan fingerprint density at radius 2 is 2.08 bits per heavy atom. The summed E-state index contributed by atoms with van der Waals surface area (Å²) in [6, 6.07) is 2.13. The second-order valence-corrected chi connectivity index (χ2v) is 10.7. The van der Waals surface area contributed by atoms with E-state index in [2.05, 4.69) is 10.1 Å². The quantitative estimate of drug-likeness (QED) is 0.212. The van der Waals surface area contributed by atoms with Gasteiger partial charge in [0, 0.05) is 6.20 Å². The van der Waals surface area contributed by atoms with Crippen LogP contribution in [0.15, 0.2) is 17.1 Å². The lowest BCUT2D eigenvalue weighted by atomic mass is 9.84. The zero-order chi connectivity index (χ0) is 27.1. The average Bonchev–Trinajstić information content (AvgIpc) is 3.06. The van der Waals surface area contributed by atoms with Gasteiger partial charge in [-0.05, 0) is 38.7 Å². The number of ether oxygens (including phenoxy) is 2. The largest absolute Gasteiger partial charge is 0.464 e. The Morgan fingerprint density at radius 1 is 1.44 bits per heavy atom. The third-order valence-corrected chi connectivity index (χ3v) is 7.32. The Morgan fingerprint density at radius 3 is 2.64 bits per heavy atom. The van der Waals surface area contributed by atoms with E-state index in [-0.39, 0.29) is 18.3 Å². The first-order valence-electron chi connectivity index (χ1n) is 11.9. The van der Waals surface area contributed by atoms with Gasteiger partial charge in [0.25, 0.3) is 0 Å². The maximum atomic E-state index is 12.5. The van der Waals surface area contributed by atoms with E-state index < -0.39 is 55.9 Å². The SMILES string of the molecule is CCCC(CCC)COC(=O)C(C)NP(=O)(O)OCC1OC(n2ccc(N)nc2=O)C(C)(C#N)C1O. The third-order valence-electron chi connectivity index (χ3n) is 6.11. The predicted molar refractivity (Wildman–Crippen MR) is 129 cm³/mol. The number of nitrogens with one attached hydrogen (secondary N) is 1. The molecule has 6 unspecified atom stereocenters. The van der Waals surface area contributed by atoms with Gasteiger partial charge in [-0.15, -0.1) is 0 Å². The number of carbonyl (C=O) groups excluding carboxylic acids is 1. The van der Waals surface area contributed by atoms with Crippen LogP contribution in [0.4, 0.5) is 5.82 Å². The zero-order valence-electron chi connectivity index (χ0n) is 21.0. The van der Waals surface area contributed by atoms with Gasteiger partial charge in [-0.2, -0.15) is 10.2 Å². The van der Waals surface area contributed by atoms with Crippen molar-refractivity contribution >= 4 is 19.5 Å². The van der Waals surface area contributed by atoms with Gasteiger partial charge in [-0.25, -0.2) is 14.4 Å². The van der Waals surface area contributed by atoms with Crippen molar-refractivity contribution in [3.63, 3.8) is 0 Å². The number of hydrogen-bond acceptors (Lipinski definition) is 10. The molecule has 1 aromatic heterocycles. The molecule has 2 rings (SSSR count). The molecule has 13 nitrogen and oxygen atoms in total. The Hall–Kier alpha value is -2.33. The second-order valence-electron chi connectivity index (χ2n) is 9.15. The topological polar surface area (TPSA) is 199 Å². The average molecular weight is 530 g/mol. The number of carbonyl (C=O) groups is 1. The number of nitriles is 1. The molecule has 0 spiro atoms. The van der Waals surface area contributed by atoms with Crippen LogP contribution >= 0.6 is 7.75 Å². The van der Waals surface area contributed by atoms with Gasteiger partial charge in [0.05, 0.1) is 19.3 Å². The number of nitrogens with two attached hydrogens (primary N) is 1. The highest BCUT2D eigenvalue weighted by Gasteiger charge is 2.55. The van der Waals surface area contributed by atoms with Crippen LogP contribution in [0.3, 0.4) is 0 Å². The fourth-order valence-corrected chi connectivity index (χ4v) is 5.10. The number of hydrogen-bond donors (Lipinski definition) is 4. The molecule has 0 amide bonds. The van der Waals surface area contributed by atoms with E-state index in [0.717, 1.165) is 30.3 Å². The minimum atomic E-state index is -4.53. The first-order chi connectivity index (χ1) is 16.9. The van der Waals surface area contributed by atoms with E-state index in [1.807, 2.05) is 19.9 Å². The third kappa shape index (κ3) is 7.35. The van der Waals surface area contributed by atoms with Crippen molar-refractivity contribution in [3.8, 4) is 6.07 Å². The highest BCUT2D eigenvalue weighted by atomic mass is 31.2. The number of rotatable bonds is 13. The van der Waals surface area contributed by atoms with Crippen molar-refractivity contribution in [2.24, 2.45) is 11.3 Å². The van der Waals surface area contributed by atoms with E-state index in [1.54, 1.807) is 0 Å². The van der Waals surface area contributed by atoms with E-state index in [0.29, 0.717) is 0 Å². The van der Waals surface area contributed by atoms with Crippen molar-refractivity contribution in [1.82, 2.24) is 14.6 Å². The fraction of sp³-hybridized carbons (Fsp3) is 0.727. The Kier molecular flexibility index (Phi) is 10.6. The Balaban J connectivity index is 2.00. The van der Waals surface area contributed by atoms with Crippen LogP contribution in [0.1, 0.15) is 59.6 Å². The molecule has 202 valence electrons. The second kappa shape index (κ2) is 12.8. The molecule has 0 bridgehead atoms. The van der Waals surface area contributed by atoms with Gasteiger partial charge < -0.3 is 25.2 Å². The van der Waals surface area contributed by atoms with Gasteiger partial charge >= 0.3 is 19.4 Å². The lowest BCUT2D eigenvalue weighted by Crippen LogP contribution is -2.40. The lowest BCUT2D eigenvalue weighted by molar-refractivity contribution is -0.146. The van der Waals surface area contributed by atoms with Crippen molar-refractivity contribution in [1.29, 1.82) is 5.26 Å². The lowest BCUT2D eigenvalue weighted by Gasteiger charge is -2.25. The normalized spacial score (nSPS) is 26.3. The summed E-state index contributed by atoms with van der Waals surface area (Å²) in [4.78, 5) is 38.3. The number of nitrogen functional groups attached to an aromatic ring is 1. The van der Waals surface area contributed by atoms with E-state index >= 15 is 0 Å². The smallest absolute Gasteiger partial charge is 0.403 e. The van der Waals surface area contributed by atoms with Crippen LogP contribution in [-0.4, -0.2) is 57.0 Å². The summed E-state index contributed by atoms with van der Waals surface area (Å²) in [5, 5.41) is 22.6. The van der Waals surface area contributed by atoms with Crippen molar-refractivity contribution in [2.45, 2.75) is 77.9 Å². The molecule has 0 aromatic carbocycles. The molecule has 14 heteroatoms. The van der Waals surface area contributed by atoms with Crippen LogP contribution in [0.5, 0.6) is 0 Å². The molecule has 1 aliphatic heterocycles. The molecule has 6 atom stereocenters. The number of aliphatic hydroxyl groups excluding tert-OH is 1. The first-order valence-corrected chi connectivity index (χ1v) is 13.5. The Bertz CT molecular complexity index is 1040. The molecular formula is C22H36N5O8P. The molecule has 1 aromatic rings. The molecule has 1 saturated heterocycles. The summed E-state index contributed by atoms with van der Waals surface area (Å²) in [6.07, 6.45) is 1.04. The fourth-order valence-electron chi connectivity index (χ4n) is 4.09. The highest BCUT2D eigenvalue weighted by molar-refractivity contribution is 7.50. The zero-order valence-corrected chi connectivity index (χ0v) is 21.9. The number of nitrogens with zero attached hydrogens (tertiary/aromatic N) is 3. The van der Waals surface area contributed by atoms with Crippen molar-refractivity contribution in [2.75, 3.05) is 18.9 Å². The molecule has 0 aliphatic carbocycles. The van der Waals surface area contributed by atoms with Crippen LogP contribution in [0.25, 0.3) is 0 Å². The van der Waals surface area contributed by atoms with Crippen molar-refractivity contribution < 1.29 is 33.4 Å². The van der Waals surface area contributed by atoms with E-state index in [1.165, 1.54) is 26.1 Å². The predicted octanol–water partition coefficient (Wildman–Crippen LogP) is 1.47. The molecule has 36 heavy (non-hydrogen) atoms. The minimum absolute atomic E-state index is 0.0282. The van der Waals surface area contributed by atoms with Gasteiger partial charge in [0.1, 0.15) is 29.5 Å². The summed E-state index contributed by atoms with van der Waals surface area (Å²) in [5.74, 6) is -0.505. The standard InChI is InChI=1S/C22H36N5O8P/c1-5-7-15(8-6-2)11-33-19(29)14(3)26-36(31,32)34-12-16-18(28)22(4,13-23)20(35-16)27-10-9-17(24)25-21(27)30/h9-10,14-16,18,20,28H,5-8,11-12H2,1-4H3,(H2,24,25,30)(H2,26,31,32). The van der Waals surface area contributed by atoms with Gasteiger partial charge in [-0.1, -0.05) is 26.7 Å². The molecule has 0 radical (unpaired) electrons. The minimum Gasteiger partial charge on any atom is -0.464 e.